The fourth-order valence-corrected chi connectivity index (χ4v) is 1.38. The average molecular weight is 147 g/mol. The first-order valence-electron chi connectivity index (χ1n) is 3.22. The van der Waals surface area contributed by atoms with Gasteiger partial charge in [-0.1, -0.05) is 4.91 Å². The second-order valence-electron chi connectivity index (χ2n) is 2.47. The molecule has 1 rings (SSSR count). The lowest BCUT2D eigenvalue weighted by Crippen LogP contribution is -2.36. The van der Waals surface area contributed by atoms with Crippen LogP contribution >= 0.6 is 12.8 Å². The number of hydrogen-bond donors (Lipinski definition) is 1. The van der Waals surface area contributed by atoms with Gasteiger partial charge >= 0.3 is 0 Å². The first kappa shape index (κ1) is 7.02. The predicted molar refractivity (Wildman–Crippen MR) is 38.6 cm³/mol. The van der Waals surface area contributed by atoms with E-state index >= 15 is 0 Å². The van der Waals surface area contributed by atoms with Crippen molar-refractivity contribution in [2.24, 2.45) is 5.29 Å². The summed E-state index contributed by atoms with van der Waals surface area (Å²) >= 11 is 4.11. The molecule has 0 bridgehead atoms. The Bertz CT molecular complexity index is 112. The van der Waals surface area contributed by atoms with Gasteiger partial charge in [0.25, 0.3) is 0 Å². The highest BCUT2D eigenvalue weighted by Crippen LogP contribution is 2.21. The maximum absolute atomic E-state index is 10.1. The Morgan fingerprint density at radius 1 is 1.22 bits per heavy atom. The number of piperidine rings is 1. The fourth-order valence-electron chi connectivity index (χ4n) is 1.10. The van der Waals surface area contributed by atoms with Crippen molar-refractivity contribution in [3.63, 3.8) is 0 Å². The Kier molecular flexibility index (Phi) is 2.08. The van der Waals surface area contributed by atoms with Gasteiger partial charge in [0, 0.05) is 12.8 Å². The highest BCUT2D eigenvalue weighted by atomic mass is 32.1. The molecule has 0 radical (unpaired) electrons. The van der Waals surface area contributed by atoms with E-state index in [1.807, 2.05) is 0 Å². The van der Waals surface area contributed by atoms with Crippen LogP contribution in [0.3, 0.4) is 0 Å². The van der Waals surface area contributed by atoms with Gasteiger partial charge in [-0.25, -0.2) is 0 Å². The second-order valence-corrected chi connectivity index (χ2v) is 3.21. The molecule has 0 spiro atoms. The predicted octanol–water partition coefficient (Wildman–Crippen LogP) is 1.51. The van der Waals surface area contributed by atoms with E-state index < -0.39 is 0 Å². The summed E-state index contributed by atoms with van der Waals surface area (Å²) in [5.41, 5.74) is 0. The molecule has 1 fully saturated rings. The van der Waals surface area contributed by atoms with Gasteiger partial charge in [-0.2, -0.15) is 0 Å². The van der Waals surface area contributed by atoms with E-state index in [2.05, 4.69) is 18.1 Å². The summed E-state index contributed by atoms with van der Waals surface area (Å²) in [7, 11) is 0. The molecule has 0 aromatic carbocycles. The highest BCUT2D eigenvalue weighted by Gasteiger charge is 2.27. The molecule has 0 saturated carbocycles. The summed E-state index contributed by atoms with van der Waals surface area (Å²) < 4.78 is 0.0833. The quantitative estimate of drug-likeness (QED) is 0.340. The third-order valence-corrected chi connectivity index (χ3v) is 2.16. The van der Waals surface area contributed by atoms with Crippen LogP contribution in [0.4, 0.5) is 0 Å². The van der Waals surface area contributed by atoms with Crippen molar-refractivity contribution < 1.29 is 4.00 Å². The van der Waals surface area contributed by atoms with Crippen LogP contribution in [-0.4, -0.2) is 17.1 Å². The average Bonchev–Trinajstić information content (AvgIpc) is 1.90. The van der Waals surface area contributed by atoms with Crippen molar-refractivity contribution >= 4 is 12.8 Å². The molecule has 0 aliphatic carbocycles. The Hall–Kier alpha value is -0.0900. The van der Waals surface area contributed by atoms with Gasteiger partial charge in [0.15, 0.2) is 5.29 Å². The summed E-state index contributed by atoms with van der Waals surface area (Å²) in [6, 6.07) is 0. The third kappa shape index (κ3) is 1.66. The number of nitroso groups, excluding NO2 is 1. The Morgan fingerprint density at radius 2 is 1.78 bits per heavy atom. The molecule has 0 N–H and O–H groups in total. The molecule has 0 aromatic heterocycles. The van der Waals surface area contributed by atoms with E-state index in [0.29, 0.717) is 0 Å². The number of hydrogen-bond acceptors (Lipinski definition) is 3. The van der Waals surface area contributed by atoms with E-state index in [1.165, 1.54) is 6.42 Å². The van der Waals surface area contributed by atoms with Crippen molar-refractivity contribution in [2.45, 2.75) is 19.3 Å². The molecule has 1 aliphatic rings. The smallest absolute Gasteiger partial charge is 0.104 e. The van der Waals surface area contributed by atoms with Crippen LogP contribution in [0.1, 0.15) is 19.3 Å². The number of rotatable bonds is 1. The SMILES string of the molecule is O=N[N+]1(S)CCCCC1. The Balaban J connectivity index is 2.46. The maximum atomic E-state index is 10.1. The molecule has 0 aromatic rings. The van der Waals surface area contributed by atoms with Gasteiger partial charge in [0.05, 0.1) is 12.8 Å². The molecular weight excluding hydrogens is 136 g/mol. The zero-order valence-corrected chi connectivity index (χ0v) is 6.18. The van der Waals surface area contributed by atoms with Crippen LogP contribution in [0, 0.1) is 4.91 Å². The molecule has 0 amide bonds. The van der Waals surface area contributed by atoms with Gasteiger partial charge in [-0.15, -0.1) is 4.00 Å². The topological polar surface area (TPSA) is 29.4 Å². The van der Waals surface area contributed by atoms with Gasteiger partial charge in [-0.3, -0.25) is 0 Å². The summed E-state index contributed by atoms with van der Waals surface area (Å²) in [5, 5.41) is 2.93. The van der Waals surface area contributed by atoms with Gasteiger partial charge in [0.2, 0.25) is 0 Å². The van der Waals surface area contributed by atoms with E-state index in [0.717, 1.165) is 25.9 Å². The minimum atomic E-state index is 0.0833. The standard InChI is InChI=1S/C5H11N2OS/c8-6-7(9)4-2-1-3-5-7/h9H,1-5H2/q+1. The minimum Gasteiger partial charge on any atom is -0.104 e. The summed E-state index contributed by atoms with van der Waals surface area (Å²) in [6.45, 7) is 1.60. The van der Waals surface area contributed by atoms with Gasteiger partial charge in [0.1, 0.15) is 13.1 Å². The Morgan fingerprint density at radius 3 is 2.11 bits per heavy atom. The zero-order chi connectivity index (χ0) is 6.74. The summed E-state index contributed by atoms with van der Waals surface area (Å²) in [4.78, 5) is 10.1. The van der Waals surface area contributed by atoms with E-state index in [9.17, 15) is 4.91 Å². The molecule has 0 atom stereocenters. The lowest BCUT2D eigenvalue weighted by molar-refractivity contribution is -0.806. The van der Waals surface area contributed by atoms with Crippen molar-refractivity contribution in [3.8, 4) is 0 Å². The van der Waals surface area contributed by atoms with Crippen LogP contribution in [0.25, 0.3) is 0 Å². The number of quaternary nitrogens is 1. The monoisotopic (exact) mass is 147 g/mol. The summed E-state index contributed by atoms with van der Waals surface area (Å²) in [5.74, 6) is 0. The van der Waals surface area contributed by atoms with Crippen molar-refractivity contribution in [1.29, 1.82) is 0 Å². The van der Waals surface area contributed by atoms with Crippen LogP contribution in [0.2, 0.25) is 0 Å². The molecule has 1 heterocycles. The molecule has 3 nitrogen and oxygen atoms in total. The molecule has 1 saturated heterocycles. The van der Waals surface area contributed by atoms with Crippen molar-refractivity contribution in [2.75, 3.05) is 13.1 Å². The van der Waals surface area contributed by atoms with Crippen LogP contribution < -0.4 is 0 Å². The summed E-state index contributed by atoms with van der Waals surface area (Å²) in [6.07, 6.45) is 3.38. The van der Waals surface area contributed by atoms with Crippen LogP contribution in [-0.2, 0) is 0 Å². The maximum Gasteiger partial charge on any atom is 0.165 e. The number of nitrogens with zero attached hydrogens (tertiary/aromatic N) is 2. The molecule has 9 heavy (non-hydrogen) atoms. The van der Waals surface area contributed by atoms with Crippen molar-refractivity contribution in [1.82, 2.24) is 0 Å². The molecule has 52 valence electrons. The lowest BCUT2D eigenvalue weighted by Gasteiger charge is -2.24. The van der Waals surface area contributed by atoms with Crippen LogP contribution in [0.15, 0.2) is 5.29 Å². The minimum absolute atomic E-state index is 0.0833. The molecule has 4 heteroatoms. The van der Waals surface area contributed by atoms with E-state index in [-0.39, 0.29) is 4.00 Å². The van der Waals surface area contributed by atoms with E-state index in [4.69, 9.17) is 0 Å². The lowest BCUT2D eigenvalue weighted by atomic mass is 10.2. The van der Waals surface area contributed by atoms with Crippen LogP contribution in [0.5, 0.6) is 0 Å². The van der Waals surface area contributed by atoms with E-state index in [1.54, 1.807) is 0 Å². The highest BCUT2D eigenvalue weighted by molar-refractivity contribution is 7.74. The van der Waals surface area contributed by atoms with Gasteiger partial charge in [-0.05, 0) is 6.42 Å². The Labute approximate surface area is 60.1 Å². The largest absolute Gasteiger partial charge is 0.165 e. The first-order valence-corrected chi connectivity index (χ1v) is 3.62. The molecular formula is C5H11N2OS+. The third-order valence-electron chi connectivity index (χ3n) is 1.68. The zero-order valence-electron chi connectivity index (χ0n) is 5.29. The number of thiol groups is 1. The van der Waals surface area contributed by atoms with Gasteiger partial charge < -0.3 is 0 Å². The fraction of sp³-hybridized carbons (Fsp3) is 1.00. The first-order chi connectivity index (χ1) is 4.27. The van der Waals surface area contributed by atoms with Crippen molar-refractivity contribution in [3.05, 3.63) is 4.91 Å². The normalized spacial score (nSPS) is 25.4. The molecule has 1 aliphatic heterocycles. The molecule has 0 unspecified atom stereocenters. The second kappa shape index (κ2) is 2.66.